The second kappa shape index (κ2) is 5.87. The van der Waals surface area contributed by atoms with Crippen molar-refractivity contribution in [2.75, 3.05) is 0 Å². The first kappa shape index (κ1) is 14.3. The maximum atomic E-state index is 5.80. The van der Waals surface area contributed by atoms with Crippen molar-refractivity contribution in [3.05, 3.63) is 68.7 Å². The zero-order valence-corrected chi connectivity index (χ0v) is 13.1. The van der Waals surface area contributed by atoms with Crippen LogP contribution >= 0.6 is 15.9 Å². The van der Waals surface area contributed by atoms with Crippen LogP contribution in [0.25, 0.3) is 0 Å². The second-order valence-electron chi connectivity index (χ2n) is 4.87. The van der Waals surface area contributed by atoms with E-state index in [-0.39, 0.29) is 6.04 Å². The highest BCUT2D eigenvalue weighted by Gasteiger charge is 2.18. The van der Waals surface area contributed by atoms with E-state index < -0.39 is 0 Å². The van der Waals surface area contributed by atoms with Gasteiger partial charge < -0.3 is 0 Å². The quantitative estimate of drug-likeness (QED) is 0.664. The Balaban J connectivity index is 2.57. The van der Waals surface area contributed by atoms with E-state index in [4.69, 9.17) is 5.84 Å². The molecule has 0 aliphatic rings. The highest BCUT2D eigenvalue weighted by molar-refractivity contribution is 9.10. The molecule has 0 aliphatic carbocycles. The monoisotopic (exact) mass is 318 g/mol. The van der Waals surface area contributed by atoms with E-state index in [1.54, 1.807) is 0 Å². The molecule has 2 rings (SSSR count). The van der Waals surface area contributed by atoms with E-state index in [1.807, 2.05) is 0 Å². The molecule has 0 heterocycles. The predicted octanol–water partition coefficient (Wildman–Crippen LogP) is 3.93. The number of nitrogens with one attached hydrogen (secondary N) is 1. The Bertz CT molecular complexity index is 542. The van der Waals surface area contributed by atoms with E-state index in [1.165, 1.54) is 22.3 Å². The number of nitrogens with two attached hydrogens (primary N) is 1. The molecule has 0 spiro atoms. The summed E-state index contributed by atoms with van der Waals surface area (Å²) in [5, 5.41) is 0. The summed E-state index contributed by atoms with van der Waals surface area (Å²) in [6.07, 6.45) is 0. The average Bonchev–Trinajstić information content (AvgIpc) is 2.40. The lowest BCUT2D eigenvalue weighted by Crippen LogP contribution is -2.29. The van der Waals surface area contributed by atoms with Crippen LogP contribution in [0.4, 0.5) is 0 Å². The summed E-state index contributed by atoms with van der Waals surface area (Å²) < 4.78 is 1.11. The standard InChI is InChI=1S/C16H19BrN2/c1-10-6-4-8-13(12(10)3)16(19-18)14-9-5-7-11(2)15(14)17/h4-9,16,19H,18H2,1-3H3. The Morgan fingerprint density at radius 1 is 0.947 bits per heavy atom. The highest BCUT2D eigenvalue weighted by atomic mass is 79.9. The SMILES string of the molecule is Cc1cccc(C(NN)c2cccc(C)c2Br)c1C. The van der Waals surface area contributed by atoms with Gasteiger partial charge in [-0.15, -0.1) is 0 Å². The van der Waals surface area contributed by atoms with E-state index in [2.05, 4.69) is 78.5 Å². The molecule has 0 aromatic heterocycles. The lowest BCUT2D eigenvalue weighted by molar-refractivity contribution is 0.630. The number of hydrogen-bond donors (Lipinski definition) is 2. The summed E-state index contributed by atoms with van der Waals surface area (Å²) in [4.78, 5) is 0. The molecule has 0 saturated heterocycles. The number of hydrogen-bond acceptors (Lipinski definition) is 2. The Labute approximate surface area is 123 Å². The van der Waals surface area contributed by atoms with Crippen molar-refractivity contribution in [2.24, 2.45) is 5.84 Å². The summed E-state index contributed by atoms with van der Waals surface area (Å²) in [6.45, 7) is 6.35. The average molecular weight is 319 g/mol. The third-order valence-corrected chi connectivity index (χ3v) is 4.74. The molecule has 1 atom stereocenters. The van der Waals surface area contributed by atoms with Crippen LogP contribution in [0.3, 0.4) is 0 Å². The van der Waals surface area contributed by atoms with Gasteiger partial charge in [0.15, 0.2) is 0 Å². The van der Waals surface area contributed by atoms with E-state index >= 15 is 0 Å². The molecular formula is C16H19BrN2. The second-order valence-corrected chi connectivity index (χ2v) is 5.66. The molecule has 0 radical (unpaired) electrons. The lowest BCUT2D eigenvalue weighted by Gasteiger charge is -2.22. The van der Waals surface area contributed by atoms with Gasteiger partial charge in [0.1, 0.15) is 0 Å². The molecule has 0 bridgehead atoms. The van der Waals surface area contributed by atoms with E-state index in [0.717, 1.165) is 10.0 Å². The first-order valence-corrected chi connectivity index (χ1v) is 7.12. The maximum Gasteiger partial charge on any atom is 0.0723 e. The molecular weight excluding hydrogens is 300 g/mol. The zero-order valence-electron chi connectivity index (χ0n) is 11.5. The summed E-state index contributed by atoms with van der Waals surface area (Å²) in [7, 11) is 0. The molecule has 0 saturated carbocycles. The van der Waals surface area contributed by atoms with Crippen molar-refractivity contribution in [2.45, 2.75) is 26.8 Å². The molecule has 2 nitrogen and oxygen atoms in total. The molecule has 0 aliphatic heterocycles. The zero-order chi connectivity index (χ0) is 14.0. The van der Waals surface area contributed by atoms with Crippen LogP contribution in [0.1, 0.15) is 33.9 Å². The Kier molecular flexibility index (Phi) is 4.40. The number of rotatable bonds is 3. The van der Waals surface area contributed by atoms with Gasteiger partial charge in [0, 0.05) is 4.47 Å². The topological polar surface area (TPSA) is 38.0 Å². The third kappa shape index (κ3) is 2.73. The molecule has 0 fully saturated rings. The van der Waals surface area contributed by atoms with Crippen LogP contribution in [0.2, 0.25) is 0 Å². The molecule has 3 N–H and O–H groups in total. The number of hydrazine groups is 1. The Morgan fingerprint density at radius 2 is 1.53 bits per heavy atom. The van der Waals surface area contributed by atoms with Crippen molar-refractivity contribution in [3.8, 4) is 0 Å². The molecule has 100 valence electrons. The van der Waals surface area contributed by atoms with Crippen LogP contribution in [-0.4, -0.2) is 0 Å². The highest BCUT2D eigenvalue weighted by Crippen LogP contribution is 2.32. The van der Waals surface area contributed by atoms with Gasteiger partial charge in [-0.05, 0) is 48.6 Å². The molecule has 2 aromatic carbocycles. The molecule has 1 unspecified atom stereocenters. The summed E-state index contributed by atoms with van der Waals surface area (Å²) in [6, 6.07) is 12.6. The number of halogens is 1. The van der Waals surface area contributed by atoms with Crippen LogP contribution in [0, 0.1) is 20.8 Å². The van der Waals surface area contributed by atoms with E-state index in [0.29, 0.717) is 0 Å². The smallest absolute Gasteiger partial charge is 0.0723 e. The van der Waals surface area contributed by atoms with Gasteiger partial charge in [-0.3, -0.25) is 5.84 Å². The van der Waals surface area contributed by atoms with Crippen LogP contribution in [-0.2, 0) is 0 Å². The van der Waals surface area contributed by atoms with Crippen molar-refractivity contribution < 1.29 is 0 Å². The minimum Gasteiger partial charge on any atom is -0.271 e. The summed E-state index contributed by atoms with van der Waals surface area (Å²) in [5.74, 6) is 5.80. The van der Waals surface area contributed by atoms with Gasteiger partial charge in [-0.1, -0.05) is 52.3 Å². The first-order valence-electron chi connectivity index (χ1n) is 6.33. The van der Waals surface area contributed by atoms with Crippen molar-refractivity contribution in [3.63, 3.8) is 0 Å². The first-order chi connectivity index (χ1) is 9.06. The van der Waals surface area contributed by atoms with Gasteiger partial charge in [-0.2, -0.15) is 0 Å². The molecule has 3 heteroatoms. The van der Waals surface area contributed by atoms with Crippen LogP contribution in [0.15, 0.2) is 40.9 Å². The largest absolute Gasteiger partial charge is 0.271 e. The fraction of sp³-hybridized carbons (Fsp3) is 0.250. The van der Waals surface area contributed by atoms with Crippen molar-refractivity contribution in [1.29, 1.82) is 0 Å². The minimum atomic E-state index is -0.00539. The maximum absolute atomic E-state index is 5.80. The lowest BCUT2D eigenvalue weighted by atomic mass is 9.92. The van der Waals surface area contributed by atoms with Crippen molar-refractivity contribution in [1.82, 2.24) is 5.43 Å². The van der Waals surface area contributed by atoms with Crippen LogP contribution < -0.4 is 11.3 Å². The Hall–Kier alpha value is -1.16. The van der Waals surface area contributed by atoms with E-state index in [9.17, 15) is 0 Å². The van der Waals surface area contributed by atoms with Gasteiger partial charge in [-0.25, -0.2) is 5.43 Å². The summed E-state index contributed by atoms with van der Waals surface area (Å²) in [5.41, 5.74) is 9.09. The predicted molar refractivity (Wildman–Crippen MR) is 84.0 cm³/mol. The fourth-order valence-electron chi connectivity index (χ4n) is 2.33. The van der Waals surface area contributed by atoms with Gasteiger partial charge in [0.25, 0.3) is 0 Å². The summed E-state index contributed by atoms with van der Waals surface area (Å²) >= 11 is 3.67. The molecule has 2 aromatic rings. The fourth-order valence-corrected chi connectivity index (χ4v) is 2.82. The van der Waals surface area contributed by atoms with Gasteiger partial charge >= 0.3 is 0 Å². The minimum absolute atomic E-state index is 0.00539. The molecule has 0 amide bonds. The normalized spacial score (nSPS) is 12.5. The number of benzene rings is 2. The Morgan fingerprint density at radius 3 is 2.16 bits per heavy atom. The third-order valence-electron chi connectivity index (χ3n) is 3.66. The van der Waals surface area contributed by atoms with Crippen molar-refractivity contribution >= 4 is 15.9 Å². The van der Waals surface area contributed by atoms with Gasteiger partial charge in [0.05, 0.1) is 6.04 Å². The van der Waals surface area contributed by atoms with Gasteiger partial charge in [0.2, 0.25) is 0 Å². The number of aryl methyl sites for hydroxylation is 2. The molecule has 19 heavy (non-hydrogen) atoms. The van der Waals surface area contributed by atoms with Crippen LogP contribution in [0.5, 0.6) is 0 Å².